The number of ether oxygens (including phenoxy) is 1. The van der Waals surface area contributed by atoms with E-state index in [1.807, 2.05) is 30.3 Å². The molecule has 2 aromatic rings. The molecule has 0 bridgehead atoms. The second-order valence-electron chi connectivity index (χ2n) is 3.98. The highest BCUT2D eigenvalue weighted by atomic mass is 79.9. The second-order valence-corrected chi connectivity index (χ2v) is 5.75. The van der Waals surface area contributed by atoms with Crippen LogP contribution < -0.4 is 5.32 Å². The lowest BCUT2D eigenvalue weighted by Gasteiger charge is -2.18. The average Bonchev–Trinajstić information content (AvgIpc) is 2.47. The van der Waals surface area contributed by atoms with E-state index in [1.165, 1.54) is 7.11 Å². The molecule has 4 nitrogen and oxygen atoms in total. The molecule has 0 saturated heterocycles. The summed E-state index contributed by atoms with van der Waals surface area (Å²) in [5.74, 6) is -0.393. The Kier molecular flexibility index (Phi) is 5.14. The molecule has 1 heterocycles. The Morgan fingerprint density at radius 3 is 2.60 bits per heavy atom. The molecule has 0 radical (unpaired) electrons. The molecule has 0 aliphatic heterocycles. The van der Waals surface area contributed by atoms with Gasteiger partial charge in [0.1, 0.15) is 0 Å². The second kappa shape index (κ2) is 6.85. The number of benzene rings is 1. The third-order valence-corrected chi connectivity index (χ3v) is 3.82. The average molecular weight is 400 g/mol. The minimum absolute atomic E-state index is 0.393. The molecule has 1 atom stereocenters. The van der Waals surface area contributed by atoms with Crippen molar-refractivity contribution >= 4 is 43.5 Å². The van der Waals surface area contributed by atoms with Crippen molar-refractivity contribution in [1.29, 1.82) is 0 Å². The van der Waals surface area contributed by atoms with Crippen molar-refractivity contribution in [3.63, 3.8) is 0 Å². The third kappa shape index (κ3) is 3.58. The van der Waals surface area contributed by atoms with Crippen LogP contribution in [0.2, 0.25) is 0 Å². The predicted molar refractivity (Wildman–Crippen MR) is 84.5 cm³/mol. The van der Waals surface area contributed by atoms with Gasteiger partial charge < -0.3 is 10.1 Å². The number of nitrogens with zero attached hydrogens (tertiary/aromatic N) is 1. The zero-order valence-corrected chi connectivity index (χ0v) is 13.8. The molecule has 2 rings (SSSR count). The summed E-state index contributed by atoms with van der Waals surface area (Å²) in [5.41, 5.74) is 1.39. The number of anilines is 1. The molecule has 0 aliphatic rings. The van der Waals surface area contributed by atoms with Crippen LogP contribution in [-0.4, -0.2) is 18.1 Å². The summed E-state index contributed by atoms with van der Waals surface area (Å²) in [5, 5.41) is 3.13. The van der Waals surface area contributed by atoms with Gasteiger partial charge in [0.25, 0.3) is 0 Å². The number of hydrogen-bond acceptors (Lipinski definition) is 4. The van der Waals surface area contributed by atoms with E-state index < -0.39 is 12.0 Å². The van der Waals surface area contributed by atoms with Gasteiger partial charge in [-0.15, -0.1) is 0 Å². The van der Waals surface area contributed by atoms with Crippen molar-refractivity contribution in [1.82, 2.24) is 4.98 Å². The van der Waals surface area contributed by atoms with Gasteiger partial charge in [0.05, 0.1) is 12.8 Å². The molecule has 0 spiro atoms. The number of nitrogens with one attached hydrogen (secondary N) is 1. The normalized spacial score (nSPS) is 11.8. The van der Waals surface area contributed by atoms with Crippen molar-refractivity contribution in [3.05, 3.63) is 57.2 Å². The number of aromatic nitrogens is 1. The first-order valence-corrected chi connectivity index (χ1v) is 7.40. The first-order chi connectivity index (χ1) is 9.61. The number of para-hydroxylation sites is 1. The molecule has 1 aromatic carbocycles. The highest BCUT2D eigenvalue weighted by molar-refractivity contribution is 9.10. The summed E-state index contributed by atoms with van der Waals surface area (Å²) >= 11 is 6.76. The van der Waals surface area contributed by atoms with Crippen LogP contribution in [0.4, 0.5) is 5.69 Å². The highest BCUT2D eigenvalue weighted by Gasteiger charge is 2.23. The SMILES string of the molecule is COC(=O)C(Nc1ccccc1Br)c1ccc(Br)cn1. The Bertz CT molecular complexity index is 602. The van der Waals surface area contributed by atoms with Crippen molar-refractivity contribution in [2.24, 2.45) is 0 Å². The Labute approximate surface area is 133 Å². The van der Waals surface area contributed by atoms with Gasteiger partial charge in [-0.2, -0.15) is 0 Å². The number of carbonyl (C=O) groups excluding carboxylic acids is 1. The lowest BCUT2D eigenvalue weighted by Crippen LogP contribution is -2.23. The topological polar surface area (TPSA) is 51.2 Å². The number of pyridine rings is 1. The fourth-order valence-electron chi connectivity index (χ4n) is 1.66. The Morgan fingerprint density at radius 2 is 2.00 bits per heavy atom. The number of methoxy groups -OCH3 is 1. The number of carbonyl (C=O) groups is 1. The van der Waals surface area contributed by atoms with Crippen molar-refractivity contribution in [2.45, 2.75) is 6.04 Å². The summed E-state index contributed by atoms with van der Waals surface area (Å²) < 4.78 is 6.56. The maximum atomic E-state index is 12.0. The van der Waals surface area contributed by atoms with Gasteiger partial charge in [-0.3, -0.25) is 4.98 Å². The number of halogens is 2. The van der Waals surface area contributed by atoms with Gasteiger partial charge >= 0.3 is 5.97 Å². The smallest absolute Gasteiger partial charge is 0.334 e. The quantitative estimate of drug-likeness (QED) is 0.791. The Hall–Kier alpha value is -1.40. The van der Waals surface area contributed by atoms with Gasteiger partial charge in [0.2, 0.25) is 0 Å². The zero-order valence-electron chi connectivity index (χ0n) is 10.6. The molecule has 1 N–H and O–H groups in total. The van der Waals surface area contributed by atoms with E-state index in [0.29, 0.717) is 5.69 Å². The van der Waals surface area contributed by atoms with Gasteiger partial charge in [-0.05, 0) is 56.1 Å². The van der Waals surface area contributed by atoms with Crippen LogP contribution in [0.25, 0.3) is 0 Å². The first kappa shape index (κ1) is 15.0. The molecule has 1 unspecified atom stereocenters. The molecule has 1 aromatic heterocycles. The first-order valence-electron chi connectivity index (χ1n) is 5.82. The minimum atomic E-state index is -0.660. The monoisotopic (exact) mass is 398 g/mol. The van der Waals surface area contributed by atoms with Crippen molar-refractivity contribution in [3.8, 4) is 0 Å². The fourth-order valence-corrected chi connectivity index (χ4v) is 2.30. The summed E-state index contributed by atoms with van der Waals surface area (Å²) in [6, 6.07) is 10.5. The molecule has 0 fully saturated rings. The van der Waals surface area contributed by atoms with Gasteiger partial charge in [-0.25, -0.2) is 4.79 Å². The van der Waals surface area contributed by atoms with Crippen LogP contribution in [0.3, 0.4) is 0 Å². The van der Waals surface area contributed by atoms with E-state index in [0.717, 1.165) is 14.6 Å². The van der Waals surface area contributed by atoms with Crippen LogP contribution in [0.15, 0.2) is 51.5 Å². The van der Waals surface area contributed by atoms with E-state index in [-0.39, 0.29) is 0 Å². The number of esters is 1. The maximum absolute atomic E-state index is 12.0. The molecule has 0 saturated carbocycles. The van der Waals surface area contributed by atoms with E-state index >= 15 is 0 Å². The van der Waals surface area contributed by atoms with Gasteiger partial charge in [0, 0.05) is 20.8 Å². The van der Waals surface area contributed by atoms with Crippen molar-refractivity contribution in [2.75, 3.05) is 12.4 Å². The van der Waals surface area contributed by atoms with E-state index in [2.05, 4.69) is 42.2 Å². The molecule has 0 aliphatic carbocycles. The molecular weight excluding hydrogens is 388 g/mol. The summed E-state index contributed by atoms with van der Waals surface area (Å²) in [6.45, 7) is 0. The number of hydrogen-bond donors (Lipinski definition) is 1. The van der Waals surface area contributed by atoms with Gasteiger partial charge in [0.15, 0.2) is 6.04 Å². The fraction of sp³-hybridized carbons (Fsp3) is 0.143. The van der Waals surface area contributed by atoms with Crippen LogP contribution in [0.1, 0.15) is 11.7 Å². The van der Waals surface area contributed by atoms with Crippen LogP contribution in [0.5, 0.6) is 0 Å². The minimum Gasteiger partial charge on any atom is -0.467 e. The Morgan fingerprint density at radius 1 is 1.25 bits per heavy atom. The number of rotatable bonds is 4. The molecule has 0 amide bonds. The maximum Gasteiger partial charge on any atom is 0.334 e. The molecule has 104 valence electrons. The largest absolute Gasteiger partial charge is 0.467 e. The molecule has 6 heteroatoms. The standard InChI is InChI=1S/C14H12Br2N2O2/c1-20-14(19)13(12-7-6-9(15)8-17-12)18-11-5-3-2-4-10(11)16/h2-8,13,18H,1H3. The summed E-state index contributed by atoms with van der Waals surface area (Å²) in [7, 11) is 1.36. The lowest BCUT2D eigenvalue weighted by molar-refractivity contribution is -0.141. The van der Waals surface area contributed by atoms with Gasteiger partial charge in [-0.1, -0.05) is 12.1 Å². The molecular formula is C14H12Br2N2O2. The van der Waals surface area contributed by atoms with E-state index in [4.69, 9.17) is 4.74 Å². The highest BCUT2D eigenvalue weighted by Crippen LogP contribution is 2.26. The lowest BCUT2D eigenvalue weighted by atomic mass is 10.1. The van der Waals surface area contributed by atoms with Crippen molar-refractivity contribution < 1.29 is 9.53 Å². The summed E-state index contributed by atoms with van der Waals surface area (Å²) in [4.78, 5) is 16.2. The zero-order chi connectivity index (χ0) is 14.5. The van der Waals surface area contributed by atoms with E-state index in [9.17, 15) is 4.79 Å². The Balaban J connectivity index is 2.31. The predicted octanol–water partition coefficient (Wildman–Crippen LogP) is 3.93. The molecule has 20 heavy (non-hydrogen) atoms. The summed E-state index contributed by atoms with van der Waals surface area (Å²) in [6.07, 6.45) is 1.65. The van der Waals surface area contributed by atoms with Crippen LogP contribution in [-0.2, 0) is 9.53 Å². The van der Waals surface area contributed by atoms with Crippen LogP contribution >= 0.6 is 31.9 Å². The third-order valence-electron chi connectivity index (χ3n) is 2.66. The van der Waals surface area contributed by atoms with Crippen LogP contribution in [0, 0.1) is 0 Å². The van der Waals surface area contributed by atoms with E-state index in [1.54, 1.807) is 12.3 Å².